The van der Waals surface area contributed by atoms with Crippen molar-refractivity contribution < 1.29 is 13.2 Å². The smallest absolute Gasteiger partial charge is 0.200 e. The van der Waals surface area contributed by atoms with Gasteiger partial charge < -0.3 is 4.74 Å². The highest BCUT2D eigenvalue weighted by atomic mass is 32.2. The topological polar surface area (TPSA) is 67.2 Å². The van der Waals surface area contributed by atoms with Crippen LogP contribution in [-0.2, 0) is 9.84 Å². The second-order valence-electron chi connectivity index (χ2n) is 2.65. The van der Waals surface area contributed by atoms with E-state index in [0.717, 1.165) is 11.5 Å². The van der Waals surface area contributed by atoms with E-state index in [1.807, 2.05) is 0 Å². The third kappa shape index (κ3) is 2.82. The molecule has 0 saturated heterocycles. The average Bonchev–Trinajstić information content (AvgIpc) is 2.26. The van der Waals surface area contributed by atoms with Crippen LogP contribution >= 0.6 is 0 Å². The normalized spacial score (nSPS) is 11.2. The summed E-state index contributed by atoms with van der Waals surface area (Å²) in [7, 11) is -2.01. The maximum Gasteiger partial charge on any atom is 0.200 e. The quantitative estimate of drug-likeness (QED) is 0.728. The number of sulfone groups is 1. The van der Waals surface area contributed by atoms with Crippen molar-refractivity contribution in [2.75, 3.05) is 7.11 Å². The van der Waals surface area contributed by atoms with Gasteiger partial charge in [0.15, 0.2) is 0 Å². The van der Waals surface area contributed by atoms with Gasteiger partial charge in [-0.2, -0.15) is 5.26 Å². The van der Waals surface area contributed by atoms with Crippen LogP contribution < -0.4 is 4.74 Å². The molecule has 0 bridgehead atoms. The summed E-state index contributed by atoms with van der Waals surface area (Å²) in [6, 6.07) is 7.58. The molecule has 0 spiro atoms. The van der Waals surface area contributed by atoms with E-state index < -0.39 is 9.84 Å². The third-order valence-corrected chi connectivity index (χ3v) is 3.13. The summed E-state index contributed by atoms with van der Waals surface area (Å²) in [5.74, 6) is 0.582. The highest BCUT2D eigenvalue weighted by Crippen LogP contribution is 2.17. The predicted octanol–water partition coefficient (Wildman–Crippen LogP) is 1.51. The molecule has 0 atom stereocenters. The number of methoxy groups -OCH3 is 1. The van der Waals surface area contributed by atoms with E-state index in [1.165, 1.54) is 19.2 Å². The molecule has 1 aromatic rings. The zero-order chi connectivity index (χ0) is 11.3. The first kappa shape index (κ1) is 11.3. The van der Waals surface area contributed by atoms with Crippen molar-refractivity contribution in [1.82, 2.24) is 0 Å². The number of nitriles is 1. The van der Waals surface area contributed by atoms with Crippen LogP contribution in [0.3, 0.4) is 0 Å². The monoisotopic (exact) mass is 223 g/mol. The first-order valence-corrected chi connectivity index (χ1v) is 5.60. The Bertz CT molecular complexity index is 494. The molecule has 0 saturated carbocycles. The average molecular weight is 223 g/mol. The molecule has 5 heteroatoms. The SMILES string of the molecule is COc1ccc(S(=O)(=O)C=CC#N)cc1. The van der Waals surface area contributed by atoms with Crippen molar-refractivity contribution in [3.05, 3.63) is 35.7 Å². The van der Waals surface area contributed by atoms with Crippen molar-refractivity contribution in [2.24, 2.45) is 0 Å². The lowest BCUT2D eigenvalue weighted by molar-refractivity contribution is 0.414. The predicted molar refractivity (Wildman–Crippen MR) is 54.9 cm³/mol. The molecule has 1 rings (SSSR count). The lowest BCUT2D eigenvalue weighted by Crippen LogP contribution is -1.95. The summed E-state index contributed by atoms with van der Waals surface area (Å²) in [6.45, 7) is 0. The van der Waals surface area contributed by atoms with Crippen LogP contribution in [0.1, 0.15) is 0 Å². The van der Waals surface area contributed by atoms with Crippen molar-refractivity contribution in [2.45, 2.75) is 4.90 Å². The maximum absolute atomic E-state index is 11.5. The molecule has 0 radical (unpaired) electrons. The molecular formula is C10H9NO3S. The van der Waals surface area contributed by atoms with Gasteiger partial charge in [-0.15, -0.1) is 0 Å². The Kier molecular flexibility index (Phi) is 3.47. The molecule has 0 aromatic heterocycles. The molecule has 0 unspecified atom stereocenters. The highest BCUT2D eigenvalue weighted by Gasteiger charge is 2.09. The van der Waals surface area contributed by atoms with Gasteiger partial charge in [-0.3, -0.25) is 0 Å². The lowest BCUT2D eigenvalue weighted by Gasteiger charge is -2.01. The van der Waals surface area contributed by atoms with Crippen LogP contribution in [0, 0.1) is 11.3 Å². The number of ether oxygens (including phenoxy) is 1. The van der Waals surface area contributed by atoms with Crippen LogP contribution in [0.2, 0.25) is 0 Å². The maximum atomic E-state index is 11.5. The van der Waals surface area contributed by atoms with Gasteiger partial charge >= 0.3 is 0 Å². The molecule has 0 aliphatic carbocycles. The molecule has 0 aliphatic rings. The van der Waals surface area contributed by atoms with Crippen LogP contribution in [0.25, 0.3) is 0 Å². The summed E-state index contributed by atoms with van der Waals surface area (Å²) in [6.07, 6.45) is 0.930. The molecule has 0 aliphatic heterocycles. The van der Waals surface area contributed by atoms with Gasteiger partial charge in [0.2, 0.25) is 9.84 Å². The van der Waals surface area contributed by atoms with E-state index >= 15 is 0 Å². The summed E-state index contributed by atoms with van der Waals surface area (Å²) >= 11 is 0. The fourth-order valence-corrected chi connectivity index (χ4v) is 1.88. The molecule has 0 N–H and O–H groups in total. The van der Waals surface area contributed by atoms with E-state index in [4.69, 9.17) is 10.00 Å². The lowest BCUT2D eigenvalue weighted by atomic mass is 10.3. The summed E-state index contributed by atoms with van der Waals surface area (Å²) in [4.78, 5) is 0.134. The van der Waals surface area contributed by atoms with Crippen molar-refractivity contribution >= 4 is 9.84 Å². The summed E-state index contributed by atoms with van der Waals surface area (Å²) < 4.78 is 27.9. The zero-order valence-corrected chi connectivity index (χ0v) is 8.86. The van der Waals surface area contributed by atoms with Gasteiger partial charge in [0, 0.05) is 11.5 Å². The molecule has 78 valence electrons. The second-order valence-corrected chi connectivity index (χ2v) is 4.49. The Hall–Kier alpha value is -1.80. The number of allylic oxidation sites excluding steroid dienone is 1. The van der Waals surface area contributed by atoms with E-state index in [-0.39, 0.29) is 4.90 Å². The Balaban J connectivity index is 3.07. The second kappa shape index (κ2) is 4.62. The number of benzene rings is 1. The molecule has 15 heavy (non-hydrogen) atoms. The number of hydrogen-bond donors (Lipinski definition) is 0. The van der Waals surface area contributed by atoms with E-state index in [1.54, 1.807) is 18.2 Å². The van der Waals surface area contributed by atoms with Crippen LogP contribution in [-0.4, -0.2) is 15.5 Å². The van der Waals surface area contributed by atoms with Gasteiger partial charge in [0.05, 0.1) is 18.1 Å². The van der Waals surface area contributed by atoms with Gasteiger partial charge in [0.1, 0.15) is 5.75 Å². The minimum absolute atomic E-state index is 0.134. The Morgan fingerprint density at radius 1 is 1.33 bits per heavy atom. The Labute approximate surface area is 88.3 Å². The van der Waals surface area contributed by atoms with Crippen molar-refractivity contribution in [3.63, 3.8) is 0 Å². The Morgan fingerprint density at radius 2 is 1.93 bits per heavy atom. The molecule has 0 fully saturated rings. The van der Waals surface area contributed by atoms with E-state index in [9.17, 15) is 8.42 Å². The third-order valence-electron chi connectivity index (χ3n) is 1.71. The fraction of sp³-hybridized carbons (Fsp3) is 0.100. The van der Waals surface area contributed by atoms with Crippen LogP contribution in [0.5, 0.6) is 5.75 Å². The minimum Gasteiger partial charge on any atom is -0.497 e. The summed E-state index contributed by atoms with van der Waals surface area (Å²) in [5, 5.41) is 9.11. The van der Waals surface area contributed by atoms with Crippen molar-refractivity contribution in [1.29, 1.82) is 5.26 Å². The standard InChI is InChI=1S/C10H9NO3S/c1-14-9-3-5-10(6-4-9)15(12,13)8-2-7-11/h2-6,8H,1H3. The Morgan fingerprint density at radius 3 is 2.40 bits per heavy atom. The van der Waals surface area contributed by atoms with Crippen LogP contribution in [0.15, 0.2) is 40.6 Å². The molecule has 1 aromatic carbocycles. The van der Waals surface area contributed by atoms with Crippen molar-refractivity contribution in [3.8, 4) is 11.8 Å². The number of hydrogen-bond acceptors (Lipinski definition) is 4. The molecule has 0 amide bonds. The first-order chi connectivity index (χ1) is 7.10. The summed E-state index contributed by atoms with van der Waals surface area (Å²) in [5.41, 5.74) is 0. The van der Waals surface area contributed by atoms with Gasteiger partial charge in [-0.1, -0.05) is 0 Å². The fourth-order valence-electron chi connectivity index (χ4n) is 0.964. The van der Waals surface area contributed by atoms with Gasteiger partial charge in [-0.05, 0) is 24.3 Å². The number of nitrogens with zero attached hydrogens (tertiary/aromatic N) is 1. The first-order valence-electron chi connectivity index (χ1n) is 4.05. The molecule has 4 nitrogen and oxygen atoms in total. The highest BCUT2D eigenvalue weighted by molar-refractivity contribution is 7.94. The van der Waals surface area contributed by atoms with E-state index in [0.29, 0.717) is 5.75 Å². The number of rotatable bonds is 3. The molecular weight excluding hydrogens is 214 g/mol. The van der Waals surface area contributed by atoms with Gasteiger partial charge in [-0.25, -0.2) is 8.42 Å². The largest absolute Gasteiger partial charge is 0.497 e. The van der Waals surface area contributed by atoms with Crippen LogP contribution in [0.4, 0.5) is 0 Å². The van der Waals surface area contributed by atoms with Gasteiger partial charge in [0.25, 0.3) is 0 Å². The molecule has 0 heterocycles. The minimum atomic E-state index is -3.51. The zero-order valence-electron chi connectivity index (χ0n) is 8.04. The van der Waals surface area contributed by atoms with E-state index in [2.05, 4.69) is 0 Å².